The van der Waals surface area contributed by atoms with Crippen LogP contribution < -0.4 is 4.74 Å². The molecule has 1 atom stereocenters. The van der Waals surface area contributed by atoms with E-state index in [1.165, 1.54) is 12.1 Å². The van der Waals surface area contributed by atoms with Crippen molar-refractivity contribution in [3.63, 3.8) is 0 Å². The van der Waals surface area contributed by atoms with Gasteiger partial charge >= 0.3 is 12.3 Å². The SMILES string of the molecule is O=C(O)C(Cc1ccccc1)c1ccc(OC(F)(F)F)cc1. The van der Waals surface area contributed by atoms with Gasteiger partial charge in [-0.25, -0.2) is 0 Å². The number of carboxylic acids is 1. The molecule has 0 saturated carbocycles. The number of aliphatic carboxylic acids is 1. The smallest absolute Gasteiger partial charge is 0.481 e. The minimum Gasteiger partial charge on any atom is -0.481 e. The highest BCUT2D eigenvalue weighted by atomic mass is 19.4. The fourth-order valence-corrected chi connectivity index (χ4v) is 2.10. The highest BCUT2D eigenvalue weighted by Crippen LogP contribution is 2.27. The molecule has 0 bridgehead atoms. The van der Waals surface area contributed by atoms with E-state index in [0.717, 1.165) is 17.7 Å². The predicted octanol–water partition coefficient (Wildman–Crippen LogP) is 4.00. The van der Waals surface area contributed by atoms with Gasteiger partial charge in [0.2, 0.25) is 0 Å². The molecule has 0 saturated heterocycles. The van der Waals surface area contributed by atoms with Gasteiger partial charge < -0.3 is 9.84 Å². The average molecular weight is 310 g/mol. The first kappa shape index (κ1) is 15.9. The number of halogens is 3. The summed E-state index contributed by atoms with van der Waals surface area (Å²) < 4.78 is 40.1. The number of benzene rings is 2. The summed E-state index contributed by atoms with van der Waals surface area (Å²) in [6.45, 7) is 0. The van der Waals surface area contributed by atoms with E-state index >= 15 is 0 Å². The van der Waals surface area contributed by atoms with Gasteiger partial charge in [0.15, 0.2) is 0 Å². The van der Waals surface area contributed by atoms with E-state index in [0.29, 0.717) is 5.56 Å². The van der Waals surface area contributed by atoms with Crippen LogP contribution in [0.4, 0.5) is 13.2 Å². The largest absolute Gasteiger partial charge is 0.573 e. The van der Waals surface area contributed by atoms with Gasteiger partial charge in [-0.05, 0) is 29.7 Å². The summed E-state index contributed by atoms with van der Waals surface area (Å²) in [5.41, 5.74) is 1.26. The Balaban J connectivity index is 2.17. The van der Waals surface area contributed by atoms with Gasteiger partial charge in [0, 0.05) is 0 Å². The summed E-state index contributed by atoms with van der Waals surface area (Å²) in [4.78, 5) is 11.4. The van der Waals surface area contributed by atoms with Gasteiger partial charge in [-0.2, -0.15) is 0 Å². The molecule has 1 N–H and O–H groups in total. The number of rotatable bonds is 5. The number of hydrogen-bond acceptors (Lipinski definition) is 2. The molecule has 0 aliphatic heterocycles. The lowest BCUT2D eigenvalue weighted by atomic mass is 9.92. The fraction of sp³-hybridized carbons (Fsp3) is 0.188. The van der Waals surface area contributed by atoms with Crippen LogP contribution in [0.2, 0.25) is 0 Å². The second-order valence-electron chi connectivity index (χ2n) is 4.70. The maximum Gasteiger partial charge on any atom is 0.573 e. The van der Waals surface area contributed by atoms with E-state index in [9.17, 15) is 23.1 Å². The zero-order chi connectivity index (χ0) is 16.2. The van der Waals surface area contributed by atoms with Crippen LogP contribution in [0.25, 0.3) is 0 Å². The normalized spacial score (nSPS) is 12.7. The number of ether oxygens (including phenoxy) is 1. The first-order chi connectivity index (χ1) is 10.3. The van der Waals surface area contributed by atoms with E-state index in [1.807, 2.05) is 6.07 Å². The van der Waals surface area contributed by atoms with Crippen LogP contribution in [0.5, 0.6) is 5.75 Å². The molecule has 22 heavy (non-hydrogen) atoms. The van der Waals surface area contributed by atoms with Crippen molar-refractivity contribution in [1.82, 2.24) is 0 Å². The lowest BCUT2D eigenvalue weighted by molar-refractivity contribution is -0.274. The van der Waals surface area contributed by atoms with Crippen molar-refractivity contribution in [3.8, 4) is 5.75 Å². The maximum atomic E-state index is 12.1. The van der Waals surface area contributed by atoms with Crippen molar-refractivity contribution in [2.75, 3.05) is 0 Å². The first-order valence-electron chi connectivity index (χ1n) is 6.47. The standard InChI is InChI=1S/C16H13F3O3/c17-16(18,19)22-13-8-6-12(7-9-13)14(15(20)21)10-11-4-2-1-3-5-11/h1-9,14H,10H2,(H,20,21). The highest BCUT2D eigenvalue weighted by molar-refractivity contribution is 5.76. The first-order valence-corrected chi connectivity index (χ1v) is 6.47. The van der Waals surface area contributed by atoms with E-state index in [2.05, 4.69) is 4.74 Å². The third-order valence-corrected chi connectivity index (χ3v) is 3.10. The summed E-state index contributed by atoms with van der Waals surface area (Å²) in [6, 6.07) is 13.9. The summed E-state index contributed by atoms with van der Waals surface area (Å²) in [5.74, 6) is -2.24. The Morgan fingerprint density at radius 3 is 2.14 bits per heavy atom. The van der Waals surface area contributed by atoms with Crippen molar-refractivity contribution >= 4 is 5.97 Å². The van der Waals surface area contributed by atoms with E-state index in [-0.39, 0.29) is 12.2 Å². The molecular formula is C16H13F3O3. The summed E-state index contributed by atoms with van der Waals surface area (Å²) in [6.07, 6.45) is -4.51. The molecule has 116 valence electrons. The molecule has 6 heteroatoms. The molecule has 0 amide bonds. The Labute approximate surface area is 125 Å². The van der Waals surface area contributed by atoms with Crippen LogP contribution in [-0.4, -0.2) is 17.4 Å². The minimum atomic E-state index is -4.77. The molecule has 0 spiro atoms. The molecular weight excluding hydrogens is 297 g/mol. The number of carbonyl (C=O) groups is 1. The lowest BCUT2D eigenvalue weighted by Gasteiger charge is -2.14. The van der Waals surface area contributed by atoms with Crippen LogP contribution in [0.1, 0.15) is 17.0 Å². The molecule has 3 nitrogen and oxygen atoms in total. The molecule has 0 aliphatic rings. The summed E-state index contributed by atoms with van der Waals surface area (Å²) in [5, 5.41) is 9.33. The van der Waals surface area contributed by atoms with Crippen LogP contribution >= 0.6 is 0 Å². The number of alkyl halides is 3. The molecule has 1 unspecified atom stereocenters. The summed E-state index contributed by atoms with van der Waals surface area (Å²) in [7, 11) is 0. The van der Waals surface area contributed by atoms with Crippen LogP contribution in [0.15, 0.2) is 54.6 Å². The molecule has 2 aromatic carbocycles. The van der Waals surface area contributed by atoms with Gasteiger partial charge in [-0.15, -0.1) is 13.2 Å². The molecule has 2 rings (SSSR count). The monoisotopic (exact) mass is 310 g/mol. The zero-order valence-corrected chi connectivity index (χ0v) is 11.4. The van der Waals surface area contributed by atoms with Gasteiger partial charge in [0.25, 0.3) is 0 Å². The highest BCUT2D eigenvalue weighted by Gasteiger charge is 2.31. The van der Waals surface area contributed by atoms with Gasteiger partial charge in [0.1, 0.15) is 5.75 Å². The minimum absolute atomic E-state index is 0.260. The third kappa shape index (κ3) is 4.51. The van der Waals surface area contributed by atoms with Crippen molar-refractivity contribution in [2.45, 2.75) is 18.7 Å². The van der Waals surface area contributed by atoms with Gasteiger partial charge in [-0.3, -0.25) is 4.79 Å². The Morgan fingerprint density at radius 1 is 1.05 bits per heavy atom. The van der Waals surface area contributed by atoms with E-state index < -0.39 is 18.2 Å². The molecule has 0 fully saturated rings. The van der Waals surface area contributed by atoms with Crippen molar-refractivity contribution in [2.24, 2.45) is 0 Å². The molecule has 0 radical (unpaired) electrons. The second kappa shape index (κ2) is 6.51. The second-order valence-corrected chi connectivity index (χ2v) is 4.70. The average Bonchev–Trinajstić information content (AvgIpc) is 2.45. The van der Waals surface area contributed by atoms with E-state index in [4.69, 9.17) is 0 Å². The van der Waals surface area contributed by atoms with Crippen LogP contribution in [-0.2, 0) is 11.2 Å². The molecule has 0 aliphatic carbocycles. The Morgan fingerprint density at radius 2 is 1.64 bits per heavy atom. The Hall–Kier alpha value is -2.50. The number of carboxylic acid groups (broad SMARTS) is 1. The van der Waals surface area contributed by atoms with Crippen LogP contribution in [0.3, 0.4) is 0 Å². The topological polar surface area (TPSA) is 46.5 Å². The van der Waals surface area contributed by atoms with Crippen molar-refractivity contribution < 1.29 is 27.8 Å². The maximum absolute atomic E-state index is 12.1. The molecule has 0 aromatic heterocycles. The Kier molecular flexibility index (Phi) is 4.70. The quantitative estimate of drug-likeness (QED) is 0.908. The molecule has 2 aromatic rings. The summed E-state index contributed by atoms with van der Waals surface area (Å²) >= 11 is 0. The van der Waals surface area contributed by atoms with Crippen LogP contribution in [0, 0.1) is 0 Å². The van der Waals surface area contributed by atoms with E-state index in [1.54, 1.807) is 24.3 Å². The van der Waals surface area contributed by atoms with Gasteiger partial charge in [0.05, 0.1) is 5.92 Å². The third-order valence-electron chi connectivity index (χ3n) is 3.10. The van der Waals surface area contributed by atoms with Crippen molar-refractivity contribution in [1.29, 1.82) is 0 Å². The fourth-order valence-electron chi connectivity index (χ4n) is 2.10. The van der Waals surface area contributed by atoms with Gasteiger partial charge in [-0.1, -0.05) is 42.5 Å². The lowest BCUT2D eigenvalue weighted by Crippen LogP contribution is -2.17. The number of hydrogen-bond donors (Lipinski definition) is 1. The zero-order valence-electron chi connectivity index (χ0n) is 11.4. The van der Waals surface area contributed by atoms with Crippen molar-refractivity contribution in [3.05, 3.63) is 65.7 Å². The predicted molar refractivity (Wildman–Crippen MR) is 73.6 cm³/mol. The molecule has 0 heterocycles. The Bertz CT molecular complexity index is 621.